The fraction of sp³-hybridized carbons (Fsp3) is 0.750. The maximum Gasteiger partial charge on any atom is 0.122 e. The maximum absolute atomic E-state index is 6.11. The van der Waals surface area contributed by atoms with Crippen molar-refractivity contribution in [2.24, 2.45) is 5.92 Å². The smallest absolute Gasteiger partial charge is 0.122 e. The zero-order valence-corrected chi connectivity index (χ0v) is 13.1. The minimum Gasteiger partial charge on any atom is -0.366 e. The number of rotatable bonds is 1. The fourth-order valence-corrected chi connectivity index (χ4v) is 3.62. The Bertz CT molecular complexity index is 366. The first-order chi connectivity index (χ1) is 7.74. The molecule has 0 unspecified atom stereocenters. The zero-order valence-electron chi connectivity index (χ0n) is 10.6. The molecule has 1 aromatic rings. The van der Waals surface area contributed by atoms with Crippen LogP contribution in [0.1, 0.15) is 34.5 Å². The quantitative estimate of drug-likeness (QED) is 0.865. The highest BCUT2D eigenvalue weighted by atomic mass is 35.5. The molecule has 2 aliphatic heterocycles. The van der Waals surface area contributed by atoms with Crippen LogP contribution in [0.4, 0.5) is 0 Å². The Morgan fingerprint density at radius 2 is 2.11 bits per heavy atom. The van der Waals surface area contributed by atoms with Crippen LogP contribution in [-0.2, 0) is 4.74 Å². The molecule has 3 atom stereocenters. The van der Waals surface area contributed by atoms with Gasteiger partial charge in [-0.3, -0.25) is 0 Å². The van der Waals surface area contributed by atoms with Crippen molar-refractivity contribution in [1.29, 1.82) is 0 Å². The van der Waals surface area contributed by atoms with Gasteiger partial charge in [0.2, 0.25) is 0 Å². The number of halogens is 2. The Hall–Kier alpha value is 0.130. The van der Waals surface area contributed by atoms with Gasteiger partial charge >= 0.3 is 0 Å². The lowest BCUT2D eigenvalue weighted by molar-refractivity contribution is 0.0261. The number of nitrogens with one attached hydrogen (secondary N) is 1. The van der Waals surface area contributed by atoms with Crippen LogP contribution in [0.25, 0.3) is 0 Å². The van der Waals surface area contributed by atoms with Crippen molar-refractivity contribution < 1.29 is 4.74 Å². The predicted octanol–water partition coefficient (Wildman–Crippen LogP) is 3.04. The number of nitrogens with zero attached hydrogens (tertiary/aromatic N) is 1. The highest BCUT2D eigenvalue weighted by Gasteiger charge is 2.38. The van der Waals surface area contributed by atoms with Crippen LogP contribution in [-0.4, -0.2) is 24.2 Å². The van der Waals surface area contributed by atoms with Crippen molar-refractivity contribution in [3.05, 3.63) is 15.6 Å². The van der Waals surface area contributed by atoms with E-state index >= 15 is 0 Å². The summed E-state index contributed by atoms with van der Waals surface area (Å²) < 4.78 is 6.11. The number of aromatic nitrogens is 1. The van der Waals surface area contributed by atoms with Crippen LogP contribution in [0.5, 0.6) is 0 Å². The molecule has 104 valence electrons. The molecule has 1 N–H and O–H groups in total. The van der Waals surface area contributed by atoms with Gasteiger partial charge < -0.3 is 10.1 Å². The third kappa shape index (κ3) is 2.99. The maximum atomic E-state index is 6.11. The highest BCUT2D eigenvalue weighted by molar-refractivity contribution is 7.11. The zero-order chi connectivity index (χ0) is 11.1. The van der Waals surface area contributed by atoms with Gasteiger partial charge in [-0.2, -0.15) is 0 Å². The largest absolute Gasteiger partial charge is 0.366 e. The van der Waals surface area contributed by atoms with Crippen molar-refractivity contribution >= 4 is 36.2 Å². The van der Waals surface area contributed by atoms with Crippen molar-refractivity contribution in [2.45, 2.75) is 38.9 Å². The molecule has 2 aliphatic rings. The number of thiazole rings is 1. The first-order valence-electron chi connectivity index (χ1n) is 6.04. The van der Waals surface area contributed by atoms with Gasteiger partial charge in [-0.25, -0.2) is 4.98 Å². The Morgan fingerprint density at radius 3 is 2.72 bits per heavy atom. The summed E-state index contributed by atoms with van der Waals surface area (Å²) in [6.45, 7) is 6.39. The molecule has 3 nitrogen and oxygen atoms in total. The van der Waals surface area contributed by atoms with Crippen LogP contribution in [0.2, 0.25) is 0 Å². The van der Waals surface area contributed by atoms with Gasteiger partial charge in [-0.15, -0.1) is 36.2 Å². The molecule has 0 aliphatic carbocycles. The molecule has 3 heterocycles. The van der Waals surface area contributed by atoms with Crippen molar-refractivity contribution in [3.63, 3.8) is 0 Å². The summed E-state index contributed by atoms with van der Waals surface area (Å²) in [5.41, 5.74) is 1.16. The van der Waals surface area contributed by atoms with E-state index in [-0.39, 0.29) is 30.9 Å². The summed E-state index contributed by atoms with van der Waals surface area (Å²) in [6.07, 6.45) is 3.10. The van der Waals surface area contributed by atoms with Crippen molar-refractivity contribution in [3.8, 4) is 0 Å². The SMILES string of the molecule is Cc1nc([C@H]2C[C@@H]3CCNC[C@H]3O2)sc1C.Cl.Cl. The van der Waals surface area contributed by atoms with Gasteiger partial charge in [0.1, 0.15) is 11.1 Å². The molecule has 0 aromatic carbocycles. The second kappa shape index (κ2) is 6.53. The van der Waals surface area contributed by atoms with E-state index < -0.39 is 0 Å². The average molecular weight is 311 g/mol. The first kappa shape index (κ1) is 16.2. The van der Waals surface area contributed by atoms with Crippen LogP contribution in [0.3, 0.4) is 0 Å². The van der Waals surface area contributed by atoms with Crippen LogP contribution >= 0.6 is 36.2 Å². The van der Waals surface area contributed by atoms with Crippen molar-refractivity contribution in [2.75, 3.05) is 13.1 Å². The normalized spacial score (nSPS) is 30.2. The third-order valence-corrected chi connectivity index (χ3v) is 4.90. The molecule has 1 aromatic heterocycles. The van der Waals surface area contributed by atoms with E-state index in [1.807, 2.05) is 0 Å². The van der Waals surface area contributed by atoms with Crippen LogP contribution < -0.4 is 5.32 Å². The van der Waals surface area contributed by atoms with Crippen molar-refractivity contribution in [1.82, 2.24) is 10.3 Å². The Balaban J connectivity index is 0.000000810. The van der Waals surface area contributed by atoms with Gasteiger partial charge in [0.25, 0.3) is 0 Å². The highest BCUT2D eigenvalue weighted by Crippen LogP contribution is 2.41. The van der Waals surface area contributed by atoms with Gasteiger partial charge in [-0.1, -0.05) is 0 Å². The summed E-state index contributed by atoms with van der Waals surface area (Å²) in [4.78, 5) is 5.95. The molecule has 0 bridgehead atoms. The van der Waals surface area contributed by atoms with Crippen LogP contribution in [0, 0.1) is 19.8 Å². The molecule has 0 saturated carbocycles. The topological polar surface area (TPSA) is 34.2 Å². The molecule has 18 heavy (non-hydrogen) atoms. The Kier molecular flexibility index (Phi) is 5.87. The number of aryl methyl sites for hydroxylation is 2. The molecular formula is C12H20Cl2N2OS. The second-order valence-corrected chi connectivity index (χ2v) is 6.08. The number of ether oxygens (including phenoxy) is 1. The molecule has 0 radical (unpaired) electrons. The molecule has 2 fully saturated rings. The number of hydrogen-bond donors (Lipinski definition) is 1. The number of fused-ring (bicyclic) bond motifs is 1. The van der Waals surface area contributed by atoms with E-state index in [1.165, 1.54) is 22.7 Å². The summed E-state index contributed by atoms with van der Waals surface area (Å²) >= 11 is 1.80. The van der Waals surface area contributed by atoms with Crippen LogP contribution in [0.15, 0.2) is 0 Å². The lowest BCUT2D eigenvalue weighted by Gasteiger charge is -2.24. The van der Waals surface area contributed by atoms with E-state index in [0.29, 0.717) is 6.10 Å². The minimum absolute atomic E-state index is 0. The molecule has 3 rings (SSSR count). The van der Waals surface area contributed by atoms with E-state index in [9.17, 15) is 0 Å². The lowest BCUT2D eigenvalue weighted by Crippen LogP contribution is -2.38. The number of piperidine rings is 1. The molecule has 2 saturated heterocycles. The average Bonchev–Trinajstić information content (AvgIpc) is 2.83. The molecular weight excluding hydrogens is 291 g/mol. The second-order valence-electron chi connectivity index (χ2n) is 4.85. The molecule has 0 amide bonds. The van der Waals surface area contributed by atoms with Gasteiger partial charge in [0, 0.05) is 11.4 Å². The van der Waals surface area contributed by atoms with Gasteiger partial charge in [0.15, 0.2) is 0 Å². The predicted molar refractivity (Wildman–Crippen MR) is 79.3 cm³/mol. The lowest BCUT2D eigenvalue weighted by atomic mass is 9.93. The molecule has 6 heteroatoms. The Labute approximate surface area is 125 Å². The van der Waals surface area contributed by atoms with Gasteiger partial charge in [-0.05, 0) is 39.2 Å². The number of hydrogen-bond acceptors (Lipinski definition) is 4. The van der Waals surface area contributed by atoms with E-state index in [4.69, 9.17) is 4.74 Å². The summed E-state index contributed by atoms with van der Waals surface area (Å²) in [5.74, 6) is 0.746. The van der Waals surface area contributed by atoms with Gasteiger partial charge in [0.05, 0.1) is 11.8 Å². The first-order valence-corrected chi connectivity index (χ1v) is 6.86. The monoisotopic (exact) mass is 310 g/mol. The molecule has 0 spiro atoms. The summed E-state index contributed by atoms with van der Waals surface area (Å²) in [5, 5.41) is 4.59. The van der Waals surface area contributed by atoms with E-state index in [1.54, 1.807) is 11.3 Å². The minimum atomic E-state index is 0. The fourth-order valence-electron chi connectivity index (χ4n) is 2.65. The van der Waals surface area contributed by atoms with E-state index in [2.05, 4.69) is 24.1 Å². The Morgan fingerprint density at radius 1 is 1.33 bits per heavy atom. The summed E-state index contributed by atoms with van der Waals surface area (Å²) in [6, 6.07) is 0. The standard InChI is InChI=1S/C12H18N2OS.2ClH/c1-7-8(2)16-12(14-7)10-5-9-3-4-13-6-11(9)15-10;;/h9-11,13H,3-6H2,1-2H3;2*1H/t9-,10+,11+;;/m0../s1. The third-order valence-electron chi connectivity index (χ3n) is 3.74. The summed E-state index contributed by atoms with van der Waals surface area (Å²) in [7, 11) is 0. The van der Waals surface area contributed by atoms with E-state index in [0.717, 1.165) is 24.7 Å².